The van der Waals surface area contributed by atoms with Crippen LogP contribution in [0.4, 0.5) is 56.9 Å². The van der Waals surface area contributed by atoms with E-state index in [4.69, 9.17) is 0 Å². The van der Waals surface area contributed by atoms with E-state index in [9.17, 15) is 0 Å². The van der Waals surface area contributed by atoms with E-state index in [1.165, 1.54) is 61.6 Å². The first-order valence-electron chi connectivity index (χ1n) is 24.9. The van der Waals surface area contributed by atoms with Gasteiger partial charge in [-0.3, -0.25) is 0 Å². The van der Waals surface area contributed by atoms with E-state index < -0.39 is 0 Å². The Kier molecular flexibility index (Phi) is 21.1. The number of benzene rings is 10. The molecule has 0 amide bonds. The Morgan fingerprint density at radius 2 is 0.425 bits per heavy atom. The van der Waals surface area contributed by atoms with Crippen LogP contribution in [0.5, 0.6) is 0 Å². The number of para-hydroxylation sites is 5. The highest BCUT2D eigenvalue weighted by molar-refractivity contribution is 5.66. The lowest BCUT2D eigenvalue weighted by Gasteiger charge is -2.09. The smallest absolute Gasteiger partial charge is 0.0413 e. The fourth-order valence-corrected chi connectivity index (χ4v) is 7.42. The Labute approximate surface area is 436 Å². The topological polar surface area (TPSA) is 60.1 Å². The van der Waals surface area contributed by atoms with Gasteiger partial charge in [-0.1, -0.05) is 163 Å². The van der Waals surface area contributed by atoms with E-state index in [0.717, 1.165) is 39.8 Å². The van der Waals surface area contributed by atoms with Crippen molar-refractivity contribution in [3.8, 4) is 0 Å². The predicted molar refractivity (Wildman–Crippen MR) is 319 cm³/mol. The molecule has 0 atom stereocenters. The zero-order valence-corrected chi connectivity index (χ0v) is 43.7. The molecule has 0 saturated heterocycles. The van der Waals surface area contributed by atoms with Gasteiger partial charge >= 0.3 is 0 Å². The predicted octanol–water partition coefficient (Wildman–Crippen LogP) is 19.6. The average molecular weight is 958 g/mol. The molecule has 0 aliphatic rings. The lowest BCUT2D eigenvalue weighted by Crippen LogP contribution is -1.92. The first-order chi connectivity index (χ1) is 35.4. The summed E-state index contributed by atoms with van der Waals surface area (Å²) in [6, 6.07) is 87.2. The molecular formula is C68H71N5. The fraction of sp³-hybridized carbons (Fsp3) is 0.118. The standard InChI is InChI=1S/3C14H15N.2C13H13N/c1-11-6-5-8-13(10-11)15-14-9-4-3-7-12(14)2;1-11-6-8-13(9-7-11)15-14-5-3-4-12(2)10-14;1-11-7-9-13(10-8-11)15-14-6-4-3-5-12(14)2;1-11-7-5-6-10-13(11)14-12-8-3-2-4-9-12;1-11-6-5-9-13(10-11)14-12-7-3-2-4-8-12/h3*3-10,15H,1-2H3;2*2-10,14H,1H3. The molecule has 0 bridgehead atoms. The minimum atomic E-state index is 1.12. The van der Waals surface area contributed by atoms with Crippen molar-refractivity contribution in [3.05, 3.63) is 299 Å². The van der Waals surface area contributed by atoms with Crippen LogP contribution in [-0.2, 0) is 0 Å². The molecule has 0 unspecified atom stereocenters. The maximum atomic E-state index is 3.41. The molecule has 73 heavy (non-hydrogen) atoms. The summed E-state index contributed by atoms with van der Waals surface area (Å²) in [5, 5.41) is 16.9. The van der Waals surface area contributed by atoms with Crippen molar-refractivity contribution in [3.63, 3.8) is 0 Å². The Hall–Kier alpha value is -8.80. The maximum Gasteiger partial charge on any atom is 0.0413 e. The molecule has 5 N–H and O–H groups in total. The molecule has 0 spiro atoms. The molecule has 5 heteroatoms. The third-order valence-corrected chi connectivity index (χ3v) is 11.6. The van der Waals surface area contributed by atoms with Crippen molar-refractivity contribution >= 4 is 56.9 Å². The van der Waals surface area contributed by atoms with E-state index >= 15 is 0 Å². The van der Waals surface area contributed by atoms with Crippen LogP contribution in [0.15, 0.2) is 255 Å². The summed E-state index contributed by atoms with van der Waals surface area (Å²) < 4.78 is 0. The lowest BCUT2D eigenvalue weighted by molar-refractivity contribution is 1.41. The normalized spacial score (nSPS) is 9.92. The monoisotopic (exact) mass is 958 g/mol. The molecular weight excluding hydrogens is 887 g/mol. The van der Waals surface area contributed by atoms with Gasteiger partial charge in [0, 0.05) is 56.9 Å². The van der Waals surface area contributed by atoms with Crippen LogP contribution in [0.2, 0.25) is 0 Å². The van der Waals surface area contributed by atoms with Gasteiger partial charge in [0.25, 0.3) is 0 Å². The number of rotatable bonds is 10. The highest BCUT2D eigenvalue weighted by Gasteiger charge is 2.00. The van der Waals surface area contributed by atoms with Crippen LogP contribution >= 0.6 is 0 Å². The van der Waals surface area contributed by atoms with Gasteiger partial charge in [-0.15, -0.1) is 0 Å². The summed E-state index contributed by atoms with van der Waals surface area (Å²) in [7, 11) is 0. The molecule has 368 valence electrons. The van der Waals surface area contributed by atoms with Crippen LogP contribution in [0.1, 0.15) is 44.5 Å². The summed E-state index contributed by atoms with van der Waals surface area (Å²) in [4.78, 5) is 0. The van der Waals surface area contributed by atoms with Crippen LogP contribution in [-0.4, -0.2) is 0 Å². The molecule has 10 rings (SSSR count). The summed E-state index contributed by atoms with van der Waals surface area (Å²) in [6.07, 6.45) is 0. The first-order valence-corrected chi connectivity index (χ1v) is 24.9. The first kappa shape index (κ1) is 53.5. The van der Waals surface area contributed by atoms with Gasteiger partial charge in [0.1, 0.15) is 0 Å². The van der Waals surface area contributed by atoms with Crippen LogP contribution in [0, 0.1) is 55.4 Å². The number of nitrogens with one attached hydrogen (secondary N) is 5. The molecule has 0 fully saturated rings. The summed E-state index contributed by atoms with van der Waals surface area (Å²) >= 11 is 0. The molecule has 0 aliphatic heterocycles. The van der Waals surface area contributed by atoms with Crippen LogP contribution in [0.25, 0.3) is 0 Å². The Balaban J connectivity index is 0.000000149. The summed E-state index contributed by atoms with van der Waals surface area (Å²) in [5.41, 5.74) is 21.6. The van der Waals surface area contributed by atoms with E-state index in [1.807, 2.05) is 60.7 Å². The molecule has 0 heterocycles. The van der Waals surface area contributed by atoms with Gasteiger partial charge in [-0.2, -0.15) is 0 Å². The number of hydrogen-bond donors (Lipinski definition) is 5. The van der Waals surface area contributed by atoms with Crippen molar-refractivity contribution in [1.29, 1.82) is 0 Å². The lowest BCUT2D eigenvalue weighted by atomic mass is 10.2. The van der Waals surface area contributed by atoms with Gasteiger partial charge in [0.05, 0.1) is 0 Å². The Morgan fingerprint density at radius 1 is 0.178 bits per heavy atom. The second-order valence-corrected chi connectivity index (χ2v) is 18.1. The van der Waals surface area contributed by atoms with Crippen molar-refractivity contribution in [2.75, 3.05) is 26.6 Å². The van der Waals surface area contributed by atoms with Gasteiger partial charge < -0.3 is 26.6 Å². The Bertz CT molecular complexity index is 3160. The van der Waals surface area contributed by atoms with Crippen molar-refractivity contribution in [2.45, 2.75) is 55.4 Å². The highest BCUT2D eigenvalue weighted by Crippen LogP contribution is 2.23. The van der Waals surface area contributed by atoms with Gasteiger partial charge in [0.15, 0.2) is 0 Å². The van der Waals surface area contributed by atoms with E-state index in [1.54, 1.807) is 0 Å². The molecule has 0 radical (unpaired) electrons. The summed E-state index contributed by atoms with van der Waals surface area (Å²) in [5.74, 6) is 0. The van der Waals surface area contributed by atoms with E-state index in [-0.39, 0.29) is 0 Å². The molecule has 0 saturated carbocycles. The van der Waals surface area contributed by atoms with Crippen molar-refractivity contribution in [1.82, 2.24) is 0 Å². The second-order valence-electron chi connectivity index (χ2n) is 18.1. The molecule has 10 aromatic rings. The van der Waals surface area contributed by atoms with Crippen LogP contribution in [0.3, 0.4) is 0 Å². The second kappa shape index (κ2) is 28.8. The fourth-order valence-electron chi connectivity index (χ4n) is 7.42. The van der Waals surface area contributed by atoms with Gasteiger partial charge in [-0.25, -0.2) is 0 Å². The van der Waals surface area contributed by atoms with Crippen molar-refractivity contribution < 1.29 is 0 Å². The van der Waals surface area contributed by atoms with E-state index in [0.29, 0.717) is 0 Å². The minimum absolute atomic E-state index is 1.12. The van der Waals surface area contributed by atoms with Gasteiger partial charge in [-0.05, 0) is 192 Å². The Morgan fingerprint density at radius 3 is 0.753 bits per heavy atom. The quantitative estimate of drug-likeness (QED) is 0.0946. The van der Waals surface area contributed by atoms with Gasteiger partial charge in [0.2, 0.25) is 0 Å². The zero-order valence-electron chi connectivity index (χ0n) is 43.7. The summed E-state index contributed by atoms with van der Waals surface area (Å²) in [6.45, 7) is 16.8. The van der Waals surface area contributed by atoms with Crippen molar-refractivity contribution in [2.24, 2.45) is 0 Å². The zero-order chi connectivity index (χ0) is 51.6. The molecule has 0 aliphatic carbocycles. The number of aryl methyl sites for hydroxylation is 8. The highest BCUT2D eigenvalue weighted by atomic mass is 14.9. The van der Waals surface area contributed by atoms with E-state index in [2.05, 4.69) is 276 Å². The third-order valence-electron chi connectivity index (χ3n) is 11.6. The minimum Gasteiger partial charge on any atom is -0.356 e. The SMILES string of the molecule is Cc1ccc(Nc2cccc(C)c2)cc1.Cc1ccc(Nc2ccccc2C)cc1.Cc1cccc(Nc2ccccc2)c1.Cc1cccc(Nc2ccccc2C)c1.Cc1ccccc1Nc1ccccc1. The number of anilines is 10. The molecule has 0 aromatic heterocycles. The molecule has 10 aromatic carbocycles. The average Bonchev–Trinajstić information content (AvgIpc) is 3.39. The number of hydrogen-bond acceptors (Lipinski definition) is 5. The largest absolute Gasteiger partial charge is 0.356 e. The third kappa shape index (κ3) is 19.5. The maximum absolute atomic E-state index is 3.41. The molecule has 5 nitrogen and oxygen atoms in total. The van der Waals surface area contributed by atoms with Crippen LogP contribution < -0.4 is 26.6 Å².